The Morgan fingerprint density at radius 1 is 1.00 bits per heavy atom. The molecule has 204 valence electrons. The minimum Gasteiger partial charge on any atom is -0.308 e. The average Bonchev–Trinajstić information content (AvgIpc) is 3.56. The molecule has 0 spiro atoms. The maximum atomic E-state index is 13.1. The second kappa shape index (κ2) is 11.4. The zero-order chi connectivity index (χ0) is 26.9. The van der Waals surface area contributed by atoms with Gasteiger partial charge in [0.15, 0.2) is 17.0 Å². The number of carbonyl (C=O) groups is 2. The molecule has 1 atom stereocenters. The van der Waals surface area contributed by atoms with Gasteiger partial charge in [-0.25, -0.2) is 19.7 Å². The molecule has 1 saturated heterocycles. The predicted octanol–water partition coefficient (Wildman–Crippen LogP) is 5.24. The van der Waals surface area contributed by atoms with Crippen LogP contribution in [0.5, 0.6) is 0 Å². The van der Waals surface area contributed by atoms with Crippen LogP contribution in [0.4, 0.5) is 35.2 Å². The number of anilines is 3. The van der Waals surface area contributed by atoms with Crippen LogP contribution in [0, 0.1) is 0 Å². The summed E-state index contributed by atoms with van der Waals surface area (Å²) in [5, 5.41) is 10.4. The summed E-state index contributed by atoms with van der Waals surface area (Å²) in [7, 11) is 0. The van der Waals surface area contributed by atoms with Crippen molar-refractivity contribution in [2.45, 2.75) is 25.1 Å². The topological polar surface area (TPSA) is 126 Å². The first-order chi connectivity index (χ1) is 18.2. The second-order valence-corrected chi connectivity index (χ2v) is 8.87. The molecule has 1 fully saturated rings. The summed E-state index contributed by atoms with van der Waals surface area (Å²) in [5.41, 5.74) is 0.840. The number of rotatable bonds is 5. The molecule has 0 saturated carbocycles. The van der Waals surface area contributed by atoms with Gasteiger partial charge in [0.25, 0.3) is 0 Å². The number of alkyl halides is 3. The number of amides is 3. The zero-order valence-corrected chi connectivity index (χ0v) is 21.5. The molecule has 39 heavy (non-hydrogen) atoms. The van der Waals surface area contributed by atoms with Crippen molar-refractivity contribution in [3.63, 3.8) is 0 Å². The highest BCUT2D eigenvalue weighted by atomic mass is 35.5. The molecule has 10 nitrogen and oxygen atoms in total. The van der Waals surface area contributed by atoms with Gasteiger partial charge in [-0.05, 0) is 61.9 Å². The van der Waals surface area contributed by atoms with Crippen molar-refractivity contribution >= 4 is 64.3 Å². The molecule has 2 aromatic carbocycles. The Balaban J connectivity index is 0.00000353. The minimum atomic E-state index is -4.65. The van der Waals surface area contributed by atoms with Gasteiger partial charge in [0, 0.05) is 17.1 Å². The Morgan fingerprint density at radius 2 is 1.72 bits per heavy atom. The van der Waals surface area contributed by atoms with Crippen LogP contribution in [0.1, 0.15) is 18.4 Å². The molecule has 4 aromatic rings. The van der Waals surface area contributed by atoms with Crippen molar-refractivity contribution in [2.24, 2.45) is 0 Å². The average molecular weight is 581 g/mol. The number of carbonyl (C=O) groups excluding carboxylic acids is 2. The summed E-state index contributed by atoms with van der Waals surface area (Å²) in [5.74, 6) is 0.122. The molecular formula is C24H21Cl2F3N8O2. The first kappa shape index (κ1) is 28.1. The number of urea groups is 1. The Morgan fingerprint density at radius 3 is 2.41 bits per heavy atom. The molecule has 0 unspecified atom stereocenters. The van der Waals surface area contributed by atoms with Crippen molar-refractivity contribution in [3.05, 3.63) is 65.7 Å². The predicted molar refractivity (Wildman–Crippen MR) is 143 cm³/mol. The number of nitrogens with zero attached hydrogens (tertiary/aromatic N) is 4. The van der Waals surface area contributed by atoms with Crippen molar-refractivity contribution in [1.82, 2.24) is 24.8 Å². The van der Waals surface area contributed by atoms with E-state index in [1.54, 1.807) is 28.8 Å². The number of hydrogen-bond acceptors (Lipinski definition) is 6. The summed E-state index contributed by atoms with van der Waals surface area (Å²) in [6, 6.07) is 8.71. The third kappa shape index (κ3) is 6.21. The summed E-state index contributed by atoms with van der Waals surface area (Å²) in [4.78, 5) is 37.6. The molecule has 5 rings (SSSR count). The molecule has 1 aliphatic rings. The molecule has 0 aliphatic carbocycles. The van der Waals surface area contributed by atoms with E-state index < -0.39 is 22.8 Å². The van der Waals surface area contributed by atoms with Gasteiger partial charge in [-0.3, -0.25) is 9.36 Å². The molecule has 3 amide bonds. The Labute approximate surface area is 230 Å². The molecule has 15 heteroatoms. The standard InChI is InChI=1S/C24H20ClF3N8O2.ClH/c25-17-8-5-14(10-16(17)24(26,27)28)34-23(38)33-13-3-6-15(7-4-13)36-12-32-19-20(30-11-31-21(19)36)35-22(37)18-2-1-9-29-18;/h3-8,10-12,18,29H,1-2,9H2,(H2,33,34,38)(H,30,31,35,37);1H/t18-;/m0./s1. The van der Waals surface area contributed by atoms with E-state index in [0.717, 1.165) is 31.5 Å². The van der Waals surface area contributed by atoms with Crippen LogP contribution in [-0.2, 0) is 11.0 Å². The van der Waals surface area contributed by atoms with Gasteiger partial charge in [-0.2, -0.15) is 13.2 Å². The lowest BCUT2D eigenvalue weighted by Gasteiger charge is -2.12. The maximum absolute atomic E-state index is 13.1. The third-order valence-electron chi connectivity index (χ3n) is 5.88. The van der Waals surface area contributed by atoms with Crippen LogP contribution in [0.3, 0.4) is 0 Å². The van der Waals surface area contributed by atoms with Crippen LogP contribution in [0.2, 0.25) is 5.02 Å². The van der Waals surface area contributed by atoms with Crippen LogP contribution < -0.4 is 21.3 Å². The van der Waals surface area contributed by atoms with Crippen LogP contribution in [0.25, 0.3) is 16.9 Å². The highest BCUT2D eigenvalue weighted by molar-refractivity contribution is 6.31. The SMILES string of the molecule is Cl.O=C(Nc1ccc(-n2cnc3c(NC(=O)[C@@H]4CCCN4)ncnc32)cc1)Nc1ccc(Cl)c(C(F)(F)F)c1. The molecule has 4 N–H and O–H groups in total. The number of hydrogen-bond donors (Lipinski definition) is 4. The largest absolute Gasteiger partial charge is 0.417 e. The quantitative estimate of drug-likeness (QED) is 0.255. The highest BCUT2D eigenvalue weighted by Gasteiger charge is 2.33. The van der Waals surface area contributed by atoms with Gasteiger partial charge < -0.3 is 21.3 Å². The summed E-state index contributed by atoms with van der Waals surface area (Å²) < 4.78 is 40.9. The van der Waals surface area contributed by atoms with Crippen molar-refractivity contribution < 1.29 is 22.8 Å². The molecule has 0 radical (unpaired) electrons. The Kier molecular flexibility index (Phi) is 8.23. The normalized spacial score (nSPS) is 15.0. The minimum absolute atomic E-state index is 0. The van der Waals surface area contributed by atoms with E-state index in [2.05, 4.69) is 36.2 Å². The smallest absolute Gasteiger partial charge is 0.308 e. The maximum Gasteiger partial charge on any atom is 0.417 e. The van der Waals surface area contributed by atoms with E-state index in [-0.39, 0.29) is 30.0 Å². The van der Waals surface area contributed by atoms with Gasteiger partial charge in [-0.1, -0.05) is 11.6 Å². The molecule has 2 aromatic heterocycles. The number of nitrogens with one attached hydrogen (secondary N) is 4. The van der Waals surface area contributed by atoms with Gasteiger partial charge in [0.05, 0.1) is 16.6 Å². The summed E-state index contributed by atoms with van der Waals surface area (Å²) in [6.45, 7) is 0.790. The lowest BCUT2D eigenvalue weighted by molar-refractivity contribution is -0.137. The number of halogens is 5. The number of imidazole rings is 1. The lowest BCUT2D eigenvalue weighted by atomic mass is 10.2. The third-order valence-corrected chi connectivity index (χ3v) is 6.21. The van der Waals surface area contributed by atoms with Crippen LogP contribution in [0.15, 0.2) is 55.1 Å². The fourth-order valence-electron chi connectivity index (χ4n) is 4.05. The van der Waals surface area contributed by atoms with Crippen molar-refractivity contribution in [2.75, 3.05) is 22.5 Å². The molecule has 0 bridgehead atoms. The van der Waals surface area contributed by atoms with Gasteiger partial charge in [0.1, 0.15) is 12.7 Å². The fourth-order valence-corrected chi connectivity index (χ4v) is 4.27. The van der Waals surface area contributed by atoms with E-state index in [0.29, 0.717) is 28.4 Å². The van der Waals surface area contributed by atoms with Gasteiger partial charge >= 0.3 is 12.2 Å². The first-order valence-electron chi connectivity index (χ1n) is 11.5. The van der Waals surface area contributed by atoms with E-state index in [1.165, 1.54) is 18.7 Å². The number of benzene rings is 2. The zero-order valence-electron chi connectivity index (χ0n) is 19.9. The highest BCUT2D eigenvalue weighted by Crippen LogP contribution is 2.36. The molecule has 1 aliphatic heterocycles. The number of aromatic nitrogens is 4. The Bertz CT molecular complexity index is 1510. The van der Waals surface area contributed by atoms with Crippen LogP contribution in [-0.4, -0.2) is 44.0 Å². The van der Waals surface area contributed by atoms with E-state index in [9.17, 15) is 22.8 Å². The number of fused-ring (bicyclic) bond motifs is 1. The first-order valence-corrected chi connectivity index (χ1v) is 11.8. The molecular weight excluding hydrogens is 560 g/mol. The summed E-state index contributed by atoms with van der Waals surface area (Å²) in [6.07, 6.45) is -0.0983. The van der Waals surface area contributed by atoms with Crippen molar-refractivity contribution in [3.8, 4) is 5.69 Å². The second-order valence-electron chi connectivity index (χ2n) is 8.47. The molecule has 3 heterocycles. The van der Waals surface area contributed by atoms with Crippen molar-refractivity contribution in [1.29, 1.82) is 0 Å². The van der Waals surface area contributed by atoms with Gasteiger partial charge in [0.2, 0.25) is 5.91 Å². The van der Waals surface area contributed by atoms with Gasteiger partial charge in [-0.15, -0.1) is 12.4 Å². The lowest BCUT2D eigenvalue weighted by Crippen LogP contribution is -2.35. The fraction of sp³-hybridized carbons (Fsp3) is 0.208. The van der Waals surface area contributed by atoms with E-state index >= 15 is 0 Å². The Hall–Kier alpha value is -3.94. The summed E-state index contributed by atoms with van der Waals surface area (Å²) >= 11 is 5.61. The monoisotopic (exact) mass is 580 g/mol. The van der Waals surface area contributed by atoms with Crippen LogP contribution >= 0.6 is 24.0 Å². The van der Waals surface area contributed by atoms with E-state index in [1.807, 2.05) is 0 Å². The van der Waals surface area contributed by atoms with E-state index in [4.69, 9.17) is 11.6 Å².